The molecule has 20 heavy (non-hydrogen) atoms. The Morgan fingerprint density at radius 1 is 1.20 bits per heavy atom. The van der Waals surface area contributed by atoms with Crippen LogP contribution in [0.15, 0.2) is 12.3 Å². The van der Waals surface area contributed by atoms with E-state index in [1.54, 1.807) is 0 Å². The predicted octanol–water partition coefficient (Wildman–Crippen LogP) is 2.88. The number of hydrogen-bond donors (Lipinski definition) is 1. The van der Waals surface area contributed by atoms with Crippen molar-refractivity contribution in [2.24, 2.45) is 11.8 Å². The van der Waals surface area contributed by atoms with Gasteiger partial charge in [-0.15, -0.1) is 0 Å². The van der Waals surface area contributed by atoms with Gasteiger partial charge in [0.25, 0.3) is 0 Å². The van der Waals surface area contributed by atoms with E-state index >= 15 is 0 Å². The third-order valence-corrected chi connectivity index (χ3v) is 5.32. The number of fused-ring (bicyclic) bond motifs is 1. The van der Waals surface area contributed by atoms with E-state index in [0.717, 1.165) is 30.1 Å². The van der Waals surface area contributed by atoms with E-state index in [2.05, 4.69) is 34.4 Å². The van der Waals surface area contributed by atoms with Gasteiger partial charge in [-0.2, -0.15) is 0 Å². The molecule has 4 rings (SSSR count). The fraction of sp³-hybridized carbons (Fsp3) is 0.706. The Labute approximate surface area is 121 Å². The van der Waals surface area contributed by atoms with Crippen LogP contribution in [0.5, 0.6) is 0 Å². The molecule has 2 aliphatic carbocycles. The number of nitrogens with one attached hydrogen (secondary N) is 1. The zero-order valence-corrected chi connectivity index (χ0v) is 12.4. The maximum Gasteiger partial charge on any atom is 0.0445 e. The lowest BCUT2D eigenvalue weighted by molar-refractivity contribution is 0.494. The quantitative estimate of drug-likeness (QED) is 0.912. The SMILES string of the molecule is Cc1cc(N2CC3CCCC3C2)c(CNC2CC2)cn1. The summed E-state index contributed by atoms with van der Waals surface area (Å²) in [6, 6.07) is 3.06. The van der Waals surface area contributed by atoms with Crippen molar-refractivity contribution >= 4 is 5.69 Å². The van der Waals surface area contributed by atoms with E-state index in [4.69, 9.17) is 0 Å². The van der Waals surface area contributed by atoms with Gasteiger partial charge in [0.1, 0.15) is 0 Å². The Balaban J connectivity index is 1.54. The van der Waals surface area contributed by atoms with E-state index in [9.17, 15) is 0 Å². The molecule has 2 unspecified atom stereocenters. The summed E-state index contributed by atoms with van der Waals surface area (Å²) in [5, 5.41) is 3.64. The molecule has 3 nitrogen and oxygen atoms in total. The number of anilines is 1. The van der Waals surface area contributed by atoms with Crippen molar-refractivity contribution in [2.75, 3.05) is 18.0 Å². The van der Waals surface area contributed by atoms with Crippen molar-refractivity contribution in [1.82, 2.24) is 10.3 Å². The van der Waals surface area contributed by atoms with Gasteiger partial charge >= 0.3 is 0 Å². The fourth-order valence-corrected chi connectivity index (χ4v) is 3.98. The highest BCUT2D eigenvalue weighted by atomic mass is 15.2. The van der Waals surface area contributed by atoms with Gasteiger partial charge in [0, 0.05) is 48.8 Å². The minimum atomic E-state index is 0.766. The lowest BCUT2D eigenvalue weighted by atomic mass is 10.0. The molecule has 2 heterocycles. The summed E-state index contributed by atoms with van der Waals surface area (Å²) in [4.78, 5) is 7.15. The molecule has 1 saturated heterocycles. The van der Waals surface area contributed by atoms with Crippen molar-refractivity contribution < 1.29 is 0 Å². The number of hydrogen-bond acceptors (Lipinski definition) is 3. The molecule has 2 saturated carbocycles. The first-order valence-corrected chi connectivity index (χ1v) is 8.23. The smallest absolute Gasteiger partial charge is 0.0445 e. The molecule has 3 heteroatoms. The average Bonchev–Trinajstić information content (AvgIpc) is 3.02. The monoisotopic (exact) mass is 271 g/mol. The summed E-state index contributed by atoms with van der Waals surface area (Å²) < 4.78 is 0. The third kappa shape index (κ3) is 2.44. The van der Waals surface area contributed by atoms with Crippen LogP contribution in [0.4, 0.5) is 5.69 Å². The largest absolute Gasteiger partial charge is 0.371 e. The first kappa shape index (κ1) is 12.6. The molecule has 0 aromatic carbocycles. The summed E-state index contributed by atoms with van der Waals surface area (Å²) in [6.45, 7) is 5.63. The lowest BCUT2D eigenvalue weighted by Crippen LogP contribution is -2.24. The number of pyridine rings is 1. The number of rotatable bonds is 4. The van der Waals surface area contributed by atoms with Crippen LogP contribution >= 0.6 is 0 Å². The van der Waals surface area contributed by atoms with Gasteiger partial charge in [0.15, 0.2) is 0 Å². The maximum atomic E-state index is 4.52. The van der Waals surface area contributed by atoms with Crippen LogP contribution in [0, 0.1) is 18.8 Å². The zero-order valence-electron chi connectivity index (χ0n) is 12.4. The van der Waals surface area contributed by atoms with Crippen LogP contribution in [-0.2, 0) is 6.54 Å². The second kappa shape index (κ2) is 5.03. The molecule has 108 valence electrons. The van der Waals surface area contributed by atoms with Crippen LogP contribution in [0.25, 0.3) is 0 Å². The van der Waals surface area contributed by atoms with Crippen LogP contribution in [0.3, 0.4) is 0 Å². The van der Waals surface area contributed by atoms with Crippen LogP contribution in [0.1, 0.15) is 43.4 Å². The summed E-state index contributed by atoms with van der Waals surface area (Å²) in [5.41, 5.74) is 3.98. The minimum absolute atomic E-state index is 0.766. The van der Waals surface area contributed by atoms with Crippen molar-refractivity contribution in [3.8, 4) is 0 Å². The van der Waals surface area contributed by atoms with Gasteiger partial charge in [-0.05, 0) is 50.5 Å². The lowest BCUT2D eigenvalue weighted by Gasteiger charge is -2.23. The van der Waals surface area contributed by atoms with Gasteiger partial charge in [0.2, 0.25) is 0 Å². The highest BCUT2D eigenvalue weighted by molar-refractivity contribution is 5.54. The van der Waals surface area contributed by atoms with Crippen LogP contribution in [-0.4, -0.2) is 24.1 Å². The summed E-state index contributed by atoms with van der Waals surface area (Å²) in [6.07, 6.45) is 9.13. The van der Waals surface area contributed by atoms with Gasteiger partial charge in [-0.3, -0.25) is 4.98 Å². The van der Waals surface area contributed by atoms with E-state index in [1.165, 1.54) is 56.4 Å². The normalized spacial score (nSPS) is 28.9. The Morgan fingerprint density at radius 2 is 1.95 bits per heavy atom. The topological polar surface area (TPSA) is 28.2 Å². The first-order valence-electron chi connectivity index (χ1n) is 8.23. The van der Waals surface area contributed by atoms with Gasteiger partial charge < -0.3 is 10.2 Å². The van der Waals surface area contributed by atoms with Gasteiger partial charge in [-0.25, -0.2) is 0 Å². The second-order valence-corrected chi connectivity index (χ2v) is 6.97. The molecule has 0 amide bonds. The van der Waals surface area contributed by atoms with Crippen molar-refractivity contribution in [2.45, 2.75) is 51.6 Å². The Bertz CT molecular complexity index is 483. The molecule has 1 N–H and O–H groups in total. The van der Waals surface area contributed by atoms with E-state index < -0.39 is 0 Å². The molecule has 0 spiro atoms. The summed E-state index contributed by atoms with van der Waals surface area (Å²) in [5.74, 6) is 1.90. The number of aromatic nitrogens is 1. The predicted molar refractivity (Wildman–Crippen MR) is 81.9 cm³/mol. The van der Waals surface area contributed by atoms with Crippen LogP contribution < -0.4 is 10.2 Å². The second-order valence-electron chi connectivity index (χ2n) is 6.97. The van der Waals surface area contributed by atoms with E-state index in [0.29, 0.717) is 0 Å². The molecule has 1 aliphatic heterocycles. The minimum Gasteiger partial charge on any atom is -0.371 e. The molecular weight excluding hydrogens is 246 g/mol. The zero-order chi connectivity index (χ0) is 13.5. The first-order chi connectivity index (χ1) is 9.79. The molecular formula is C17H25N3. The average molecular weight is 271 g/mol. The third-order valence-electron chi connectivity index (χ3n) is 5.32. The van der Waals surface area contributed by atoms with Gasteiger partial charge in [-0.1, -0.05) is 6.42 Å². The maximum absolute atomic E-state index is 4.52. The summed E-state index contributed by atoms with van der Waals surface area (Å²) >= 11 is 0. The van der Waals surface area contributed by atoms with Crippen molar-refractivity contribution in [3.63, 3.8) is 0 Å². The van der Waals surface area contributed by atoms with Crippen molar-refractivity contribution in [3.05, 3.63) is 23.5 Å². The molecule has 0 radical (unpaired) electrons. The van der Waals surface area contributed by atoms with Crippen LogP contribution in [0.2, 0.25) is 0 Å². The standard InChI is InChI=1S/C17H25N3/c1-12-7-17(15(8-18-12)9-19-16-5-6-16)20-10-13-3-2-4-14(13)11-20/h7-8,13-14,16,19H,2-6,9-11H2,1H3. The molecule has 3 fully saturated rings. The molecule has 1 aromatic rings. The molecule has 1 aromatic heterocycles. The van der Waals surface area contributed by atoms with Crippen molar-refractivity contribution in [1.29, 1.82) is 0 Å². The number of nitrogens with zero attached hydrogens (tertiary/aromatic N) is 2. The Hall–Kier alpha value is -1.09. The summed E-state index contributed by atoms with van der Waals surface area (Å²) in [7, 11) is 0. The Morgan fingerprint density at radius 3 is 2.65 bits per heavy atom. The molecule has 2 atom stereocenters. The highest BCUT2D eigenvalue weighted by Gasteiger charge is 2.36. The molecule has 0 bridgehead atoms. The Kier molecular flexibility index (Phi) is 3.18. The highest BCUT2D eigenvalue weighted by Crippen LogP contribution is 2.40. The fourth-order valence-electron chi connectivity index (χ4n) is 3.98. The van der Waals surface area contributed by atoms with Gasteiger partial charge in [0.05, 0.1) is 0 Å². The number of aryl methyl sites for hydroxylation is 1. The van der Waals surface area contributed by atoms with E-state index in [-0.39, 0.29) is 0 Å². The molecule has 3 aliphatic rings. The van der Waals surface area contributed by atoms with E-state index in [1.807, 2.05) is 0 Å².